The lowest BCUT2D eigenvalue weighted by Gasteiger charge is -2.34. The molecule has 0 aliphatic carbocycles. The molecule has 2 unspecified atom stereocenters. The van der Waals surface area contributed by atoms with E-state index in [0.717, 1.165) is 10.9 Å². The number of nitrogens with zero attached hydrogens (tertiary/aromatic N) is 1. The van der Waals surface area contributed by atoms with Crippen molar-refractivity contribution < 1.29 is 13.2 Å². The third-order valence-electron chi connectivity index (χ3n) is 4.65. The predicted molar refractivity (Wildman–Crippen MR) is 110 cm³/mol. The molecular formula is C20H23BrN2O3S. The van der Waals surface area contributed by atoms with E-state index in [1.54, 1.807) is 30.3 Å². The normalized spacial score (nSPS) is 21.0. The van der Waals surface area contributed by atoms with E-state index in [1.165, 1.54) is 10.4 Å². The van der Waals surface area contributed by atoms with Gasteiger partial charge in [0.2, 0.25) is 10.0 Å². The van der Waals surface area contributed by atoms with Crippen LogP contribution in [-0.2, 0) is 10.0 Å². The highest BCUT2D eigenvalue weighted by molar-refractivity contribution is 9.10. The number of nitrogens with one attached hydrogen (secondary N) is 1. The molecule has 2 atom stereocenters. The summed E-state index contributed by atoms with van der Waals surface area (Å²) in [6, 6.07) is 13.5. The summed E-state index contributed by atoms with van der Waals surface area (Å²) in [6.45, 7) is 5.17. The van der Waals surface area contributed by atoms with Crippen molar-refractivity contribution in [2.45, 2.75) is 25.2 Å². The molecule has 2 aromatic rings. The summed E-state index contributed by atoms with van der Waals surface area (Å²) in [6.07, 6.45) is 1.03. The van der Waals surface area contributed by atoms with Gasteiger partial charge in [-0.15, -0.1) is 0 Å². The van der Waals surface area contributed by atoms with Gasteiger partial charge in [-0.1, -0.05) is 41.9 Å². The van der Waals surface area contributed by atoms with E-state index >= 15 is 0 Å². The van der Waals surface area contributed by atoms with Gasteiger partial charge in [0.1, 0.15) is 0 Å². The largest absolute Gasteiger partial charge is 0.322 e. The van der Waals surface area contributed by atoms with E-state index < -0.39 is 10.0 Å². The zero-order valence-electron chi connectivity index (χ0n) is 15.4. The molecule has 2 aromatic carbocycles. The van der Waals surface area contributed by atoms with Crippen LogP contribution in [0, 0.1) is 11.8 Å². The number of rotatable bonds is 4. The minimum atomic E-state index is -3.62. The quantitative estimate of drug-likeness (QED) is 0.751. The van der Waals surface area contributed by atoms with Crippen molar-refractivity contribution in [3.05, 3.63) is 58.6 Å². The smallest absolute Gasteiger partial charge is 0.255 e. The zero-order chi connectivity index (χ0) is 19.6. The highest BCUT2D eigenvalue weighted by Crippen LogP contribution is 2.27. The van der Waals surface area contributed by atoms with Crippen LogP contribution in [0.2, 0.25) is 0 Å². The van der Waals surface area contributed by atoms with Crippen molar-refractivity contribution in [3.8, 4) is 0 Å². The first-order chi connectivity index (χ1) is 12.8. The number of carbonyl (C=O) groups excluding carboxylic acids is 1. The molecule has 1 aliphatic heterocycles. The second-order valence-corrected chi connectivity index (χ2v) is 10.1. The molecule has 1 saturated heterocycles. The maximum atomic E-state index is 13.0. The van der Waals surface area contributed by atoms with E-state index in [4.69, 9.17) is 0 Å². The van der Waals surface area contributed by atoms with Gasteiger partial charge in [0.05, 0.1) is 4.90 Å². The Labute approximate surface area is 169 Å². The van der Waals surface area contributed by atoms with Crippen molar-refractivity contribution in [2.24, 2.45) is 11.8 Å². The zero-order valence-corrected chi connectivity index (χ0v) is 17.8. The molecule has 1 fully saturated rings. The van der Waals surface area contributed by atoms with Crippen LogP contribution in [-0.4, -0.2) is 31.7 Å². The Morgan fingerprint density at radius 2 is 1.74 bits per heavy atom. The van der Waals surface area contributed by atoms with Gasteiger partial charge in [0.15, 0.2) is 0 Å². The fourth-order valence-corrected chi connectivity index (χ4v) is 5.64. The molecule has 1 N–H and O–H groups in total. The number of anilines is 1. The minimum Gasteiger partial charge on any atom is -0.322 e. The standard InChI is InChI=1S/C20H23BrN2O3S/c1-14-9-15(2)13-23(12-14)27(25,26)19-8-3-5-16(10-19)20(24)22-18-7-4-6-17(21)11-18/h3-8,10-11,14-15H,9,12-13H2,1-2H3,(H,22,24). The van der Waals surface area contributed by atoms with E-state index in [0.29, 0.717) is 36.2 Å². The second kappa shape index (κ2) is 8.12. The van der Waals surface area contributed by atoms with Crippen molar-refractivity contribution in [1.82, 2.24) is 4.31 Å². The summed E-state index contributed by atoms with van der Waals surface area (Å²) >= 11 is 3.36. The summed E-state index contributed by atoms with van der Waals surface area (Å²) in [4.78, 5) is 12.7. The molecule has 0 saturated carbocycles. The first-order valence-corrected chi connectivity index (χ1v) is 11.2. The van der Waals surface area contributed by atoms with Gasteiger partial charge in [-0.3, -0.25) is 4.79 Å². The number of sulfonamides is 1. The molecule has 27 heavy (non-hydrogen) atoms. The first-order valence-electron chi connectivity index (χ1n) is 8.93. The first kappa shape index (κ1) is 20.0. The lowest BCUT2D eigenvalue weighted by molar-refractivity contribution is 0.102. The van der Waals surface area contributed by atoms with Gasteiger partial charge in [0, 0.05) is 28.8 Å². The van der Waals surface area contributed by atoms with Crippen molar-refractivity contribution >= 4 is 37.5 Å². The molecule has 1 aliphatic rings. The SMILES string of the molecule is CC1CC(C)CN(S(=O)(=O)c2cccc(C(=O)Nc3cccc(Br)c3)c2)C1. The van der Waals surface area contributed by atoms with Gasteiger partial charge >= 0.3 is 0 Å². The average Bonchev–Trinajstić information content (AvgIpc) is 2.61. The lowest BCUT2D eigenvalue weighted by atomic mass is 9.94. The summed E-state index contributed by atoms with van der Waals surface area (Å²) in [5, 5.41) is 2.79. The van der Waals surface area contributed by atoms with Gasteiger partial charge in [0.25, 0.3) is 5.91 Å². The molecule has 1 amide bonds. The minimum absolute atomic E-state index is 0.158. The predicted octanol–water partition coefficient (Wildman–Crippen LogP) is 4.37. The lowest BCUT2D eigenvalue weighted by Crippen LogP contribution is -2.42. The van der Waals surface area contributed by atoms with Crippen molar-refractivity contribution in [2.75, 3.05) is 18.4 Å². The highest BCUT2D eigenvalue weighted by atomic mass is 79.9. The van der Waals surface area contributed by atoms with Crippen LogP contribution >= 0.6 is 15.9 Å². The van der Waals surface area contributed by atoms with E-state index in [-0.39, 0.29) is 10.8 Å². The molecule has 3 rings (SSSR count). The van der Waals surface area contributed by atoms with E-state index in [1.807, 2.05) is 12.1 Å². The molecule has 0 radical (unpaired) electrons. The van der Waals surface area contributed by atoms with E-state index in [2.05, 4.69) is 35.1 Å². The van der Waals surface area contributed by atoms with Crippen LogP contribution in [0.25, 0.3) is 0 Å². The Morgan fingerprint density at radius 1 is 1.07 bits per heavy atom. The monoisotopic (exact) mass is 450 g/mol. The number of hydrogen-bond donors (Lipinski definition) is 1. The Kier molecular flexibility index (Phi) is 6.03. The Balaban J connectivity index is 1.83. The second-order valence-electron chi connectivity index (χ2n) is 7.26. The van der Waals surface area contributed by atoms with Crippen LogP contribution in [0.4, 0.5) is 5.69 Å². The topological polar surface area (TPSA) is 66.5 Å². The van der Waals surface area contributed by atoms with Crippen LogP contribution in [0.5, 0.6) is 0 Å². The molecule has 144 valence electrons. The highest BCUT2D eigenvalue weighted by Gasteiger charge is 2.31. The molecular weight excluding hydrogens is 428 g/mol. The molecule has 0 spiro atoms. The Hall–Kier alpha value is -1.70. The number of amides is 1. The number of piperidine rings is 1. The summed E-state index contributed by atoms with van der Waals surface area (Å²) in [5.41, 5.74) is 0.954. The van der Waals surface area contributed by atoms with Crippen LogP contribution in [0.3, 0.4) is 0 Å². The number of halogens is 1. The number of hydrogen-bond acceptors (Lipinski definition) is 3. The number of carbonyl (C=O) groups is 1. The molecule has 7 heteroatoms. The maximum absolute atomic E-state index is 13.0. The summed E-state index contributed by atoms with van der Waals surface area (Å²) in [5.74, 6) is 0.309. The average molecular weight is 451 g/mol. The van der Waals surface area contributed by atoms with Gasteiger partial charge in [-0.2, -0.15) is 4.31 Å². The molecule has 0 bridgehead atoms. The third-order valence-corrected chi connectivity index (χ3v) is 6.97. The fraction of sp³-hybridized carbons (Fsp3) is 0.350. The van der Waals surface area contributed by atoms with Crippen molar-refractivity contribution in [3.63, 3.8) is 0 Å². The molecule has 1 heterocycles. The Bertz CT molecular complexity index is 936. The van der Waals surface area contributed by atoms with Crippen LogP contribution in [0.15, 0.2) is 57.9 Å². The van der Waals surface area contributed by atoms with E-state index in [9.17, 15) is 13.2 Å². The van der Waals surface area contributed by atoms with Gasteiger partial charge in [-0.05, 0) is 54.7 Å². The third kappa shape index (κ3) is 4.78. The Morgan fingerprint density at radius 3 is 2.41 bits per heavy atom. The van der Waals surface area contributed by atoms with Crippen LogP contribution < -0.4 is 5.32 Å². The van der Waals surface area contributed by atoms with Gasteiger partial charge in [-0.25, -0.2) is 8.42 Å². The maximum Gasteiger partial charge on any atom is 0.255 e. The number of benzene rings is 2. The summed E-state index contributed by atoms with van der Waals surface area (Å²) in [7, 11) is -3.62. The van der Waals surface area contributed by atoms with Crippen LogP contribution in [0.1, 0.15) is 30.6 Å². The molecule has 5 nitrogen and oxygen atoms in total. The van der Waals surface area contributed by atoms with Gasteiger partial charge < -0.3 is 5.32 Å². The fourth-order valence-electron chi connectivity index (χ4n) is 3.52. The molecule has 0 aromatic heterocycles. The van der Waals surface area contributed by atoms with Crippen molar-refractivity contribution in [1.29, 1.82) is 0 Å². The summed E-state index contributed by atoms with van der Waals surface area (Å²) < 4.78 is 28.5.